The normalized spacial score (nSPS) is 13.1. The van der Waals surface area contributed by atoms with E-state index in [0.29, 0.717) is 48.5 Å². The van der Waals surface area contributed by atoms with E-state index in [2.05, 4.69) is 5.32 Å². The summed E-state index contributed by atoms with van der Waals surface area (Å²) in [4.78, 5) is 26.9. The number of nitrogens with zero attached hydrogens (tertiary/aromatic N) is 1. The number of carbonyl (C=O) groups is 2. The number of amides is 2. The van der Waals surface area contributed by atoms with Gasteiger partial charge in [-0.25, -0.2) is 4.79 Å². The van der Waals surface area contributed by atoms with Crippen LogP contribution in [0.5, 0.6) is 11.5 Å². The molecule has 178 valence electrons. The Morgan fingerprint density at radius 2 is 1.88 bits per heavy atom. The summed E-state index contributed by atoms with van der Waals surface area (Å²) in [5.74, 6) is 0.873. The molecule has 0 spiro atoms. The quantitative estimate of drug-likeness (QED) is 0.603. The molecule has 1 heterocycles. The third-order valence-corrected chi connectivity index (χ3v) is 5.19. The Hall–Kier alpha value is -2.93. The molecule has 33 heavy (non-hydrogen) atoms. The van der Waals surface area contributed by atoms with Crippen molar-refractivity contribution in [3.8, 4) is 11.5 Å². The molecule has 7 nitrogen and oxygen atoms in total. The van der Waals surface area contributed by atoms with Crippen molar-refractivity contribution in [2.45, 2.75) is 52.7 Å². The fraction of sp³-hybridized carbons (Fsp3) is 0.440. The van der Waals surface area contributed by atoms with Crippen molar-refractivity contribution in [2.75, 3.05) is 25.1 Å². The van der Waals surface area contributed by atoms with Gasteiger partial charge in [0.2, 0.25) is 5.91 Å². The van der Waals surface area contributed by atoms with Crippen LogP contribution < -0.4 is 14.8 Å². The molecule has 0 radical (unpaired) electrons. The molecule has 2 amide bonds. The SMILES string of the molecule is CCN(Cc1ccccc1NC(=O)Cc1cc(Cl)c2c(c1)OCCCO2)C(=O)OC(C)(C)C. The highest BCUT2D eigenvalue weighted by Crippen LogP contribution is 2.38. The van der Waals surface area contributed by atoms with E-state index in [1.54, 1.807) is 17.0 Å². The van der Waals surface area contributed by atoms with Gasteiger partial charge in [-0.2, -0.15) is 0 Å². The molecule has 0 unspecified atom stereocenters. The molecule has 0 aromatic heterocycles. The molecule has 1 aliphatic heterocycles. The predicted octanol–water partition coefficient (Wildman–Crippen LogP) is 5.44. The summed E-state index contributed by atoms with van der Waals surface area (Å²) in [5.41, 5.74) is 1.60. The maximum Gasteiger partial charge on any atom is 0.410 e. The number of rotatable bonds is 6. The zero-order valence-electron chi connectivity index (χ0n) is 19.6. The Balaban J connectivity index is 1.70. The Labute approximate surface area is 200 Å². The third kappa shape index (κ3) is 7.02. The van der Waals surface area contributed by atoms with Gasteiger partial charge >= 0.3 is 6.09 Å². The van der Waals surface area contributed by atoms with Gasteiger partial charge in [0.1, 0.15) is 5.60 Å². The first-order valence-electron chi connectivity index (χ1n) is 11.1. The van der Waals surface area contributed by atoms with E-state index in [0.717, 1.165) is 17.5 Å². The maximum atomic E-state index is 12.8. The minimum absolute atomic E-state index is 0.119. The fourth-order valence-electron chi connectivity index (χ4n) is 3.38. The number of carbonyl (C=O) groups excluding carboxylic acids is 2. The van der Waals surface area contributed by atoms with Gasteiger partial charge < -0.3 is 24.4 Å². The van der Waals surface area contributed by atoms with Crippen LogP contribution >= 0.6 is 11.6 Å². The molecular formula is C25H31ClN2O5. The highest BCUT2D eigenvalue weighted by atomic mass is 35.5. The molecule has 0 aliphatic carbocycles. The van der Waals surface area contributed by atoms with Crippen LogP contribution in [0.15, 0.2) is 36.4 Å². The first kappa shape index (κ1) is 24.7. The van der Waals surface area contributed by atoms with Crippen molar-refractivity contribution in [1.29, 1.82) is 0 Å². The standard InChI is InChI=1S/C25H31ClN2O5/c1-5-28(24(30)33-25(2,3)4)16-18-9-6-7-10-20(18)27-22(29)15-17-13-19(26)23-21(14-17)31-11-8-12-32-23/h6-7,9-10,13-14H,5,8,11-12,15-16H2,1-4H3,(H,27,29). The van der Waals surface area contributed by atoms with Crippen molar-refractivity contribution in [3.05, 3.63) is 52.5 Å². The monoisotopic (exact) mass is 474 g/mol. The largest absolute Gasteiger partial charge is 0.489 e. The molecule has 1 aliphatic rings. The van der Waals surface area contributed by atoms with Crippen LogP contribution in [0.25, 0.3) is 0 Å². The van der Waals surface area contributed by atoms with E-state index in [4.69, 9.17) is 25.8 Å². The summed E-state index contributed by atoms with van der Waals surface area (Å²) in [6.45, 7) is 9.26. The molecule has 0 bridgehead atoms. The lowest BCUT2D eigenvalue weighted by molar-refractivity contribution is -0.115. The van der Waals surface area contributed by atoms with Crippen LogP contribution in [-0.2, 0) is 22.5 Å². The average molecular weight is 475 g/mol. The molecule has 2 aromatic carbocycles. The topological polar surface area (TPSA) is 77.1 Å². The highest BCUT2D eigenvalue weighted by molar-refractivity contribution is 6.32. The molecule has 1 N–H and O–H groups in total. The van der Waals surface area contributed by atoms with Crippen LogP contribution in [0.3, 0.4) is 0 Å². The minimum atomic E-state index is -0.581. The fourth-order valence-corrected chi connectivity index (χ4v) is 3.67. The van der Waals surface area contributed by atoms with E-state index in [9.17, 15) is 9.59 Å². The highest BCUT2D eigenvalue weighted by Gasteiger charge is 2.22. The number of hydrogen-bond donors (Lipinski definition) is 1. The van der Waals surface area contributed by atoms with Gasteiger partial charge in [-0.15, -0.1) is 0 Å². The molecule has 0 saturated heterocycles. The zero-order valence-corrected chi connectivity index (χ0v) is 20.3. The van der Waals surface area contributed by atoms with Crippen LogP contribution in [0.4, 0.5) is 10.5 Å². The molecule has 8 heteroatoms. The van der Waals surface area contributed by atoms with Gasteiger partial charge in [0, 0.05) is 18.7 Å². The smallest absolute Gasteiger partial charge is 0.410 e. The lowest BCUT2D eigenvalue weighted by atomic mass is 10.1. The molecule has 3 rings (SSSR count). The van der Waals surface area contributed by atoms with Crippen LogP contribution in [0.2, 0.25) is 5.02 Å². The van der Waals surface area contributed by atoms with Gasteiger partial charge in [0.25, 0.3) is 0 Å². The van der Waals surface area contributed by atoms with Crippen LogP contribution in [0.1, 0.15) is 45.2 Å². The molecular weight excluding hydrogens is 444 g/mol. The van der Waals surface area contributed by atoms with E-state index in [1.807, 2.05) is 52.0 Å². The lowest BCUT2D eigenvalue weighted by Gasteiger charge is -2.27. The number of hydrogen-bond acceptors (Lipinski definition) is 5. The van der Waals surface area contributed by atoms with Gasteiger partial charge in [0.15, 0.2) is 11.5 Å². The average Bonchev–Trinajstić information content (AvgIpc) is 2.97. The molecule has 2 aromatic rings. The summed E-state index contributed by atoms with van der Waals surface area (Å²) in [5, 5.41) is 3.38. The molecule has 0 atom stereocenters. The van der Waals surface area contributed by atoms with Gasteiger partial charge in [-0.1, -0.05) is 29.8 Å². The Morgan fingerprint density at radius 3 is 2.61 bits per heavy atom. The second-order valence-electron chi connectivity index (χ2n) is 8.83. The Bertz CT molecular complexity index is 1000. The van der Waals surface area contributed by atoms with Crippen molar-refractivity contribution in [1.82, 2.24) is 4.90 Å². The van der Waals surface area contributed by atoms with Crippen molar-refractivity contribution >= 4 is 29.3 Å². The summed E-state index contributed by atoms with van der Waals surface area (Å²) in [7, 11) is 0. The number of para-hydroxylation sites is 1. The second kappa shape index (κ2) is 10.8. The van der Waals surface area contributed by atoms with Gasteiger partial charge in [-0.05, 0) is 57.0 Å². The van der Waals surface area contributed by atoms with Gasteiger partial charge in [0.05, 0.1) is 31.2 Å². The van der Waals surface area contributed by atoms with Crippen LogP contribution in [-0.4, -0.2) is 42.3 Å². The summed E-state index contributed by atoms with van der Waals surface area (Å²) in [6.07, 6.45) is 0.497. The predicted molar refractivity (Wildman–Crippen MR) is 128 cm³/mol. The van der Waals surface area contributed by atoms with E-state index >= 15 is 0 Å². The number of benzene rings is 2. The van der Waals surface area contributed by atoms with E-state index in [-0.39, 0.29) is 12.3 Å². The molecule has 0 saturated carbocycles. The number of anilines is 1. The Morgan fingerprint density at radius 1 is 1.15 bits per heavy atom. The second-order valence-corrected chi connectivity index (χ2v) is 9.24. The number of halogens is 1. The van der Waals surface area contributed by atoms with Crippen molar-refractivity contribution in [3.63, 3.8) is 0 Å². The maximum absolute atomic E-state index is 12.8. The summed E-state index contributed by atoms with van der Waals surface area (Å²) in [6, 6.07) is 10.9. The van der Waals surface area contributed by atoms with Crippen molar-refractivity contribution in [2.24, 2.45) is 0 Å². The number of nitrogens with one attached hydrogen (secondary N) is 1. The molecule has 0 fully saturated rings. The van der Waals surface area contributed by atoms with Gasteiger partial charge in [-0.3, -0.25) is 4.79 Å². The van der Waals surface area contributed by atoms with E-state index < -0.39 is 11.7 Å². The van der Waals surface area contributed by atoms with Crippen LogP contribution in [0, 0.1) is 0 Å². The number of fused-ring (bicyclic) bond motifs is 1. The first-order chi connectivity index (χ1) is 15.7. The first-order valence-corrected chi connectivity index (χ1v) is 11.5. The zero-order chi connectivity index (χ0) is 24.0. The third-order valence-electron chi connectivity index (χ3n) is 4.91. The van der Waals surface area contributed by atoms with E-state index in [1.165, 1.54) is 0 Å². The van der Waals surface area contributed by atoms with Crippen molar-refractivity contribution < 1.29 is 23.8 Å². The Kier molecular flexibility index (Phi) is 8.08. The summed E-state index contributed by atoms with van der Waals surface area (Å²) >= 11 is 6.35. The minimum Gasteiger partial charge on any atom is -0.489 e. The number of ether oxygens (including phenoxy) is 3. The summed E-state index contributed by atoms with van der Waals surface area (Å²) < 4.78 is 16.9. The lowest BCUT2D eigenvalue weighted by Crippen LogP contribution is -2.36.